The first-order chi connectivity index (χ1) is 9.87. The van der Waals surface area contributed by atoms with Crippen LogP contribution < -0.4 is 5.32 Å². The Hall–Kier alpha value is -1.85. The quantitative estimate of drug-likeness (QED) is 0.894. The van der Waals surface area contributed by atoms with Crippen LogP contribution in [-0.2, 0) is 9.73 Å². The lowest BCUT2D eigenvalue weighted by Gasteiger charge is -2.06. The Bertz CT molecular complexity index is 761. The molecule has 0 radical (unpaired) electrons. The molecule has 1 N–H and O–H groups in total. The zero-order chi connectivity index (χ0) is 15.5. The Morgan fingerprint density at radius 3 is 2.24 bits per heavy atom. The van der Waals surface area contributed by atoms with Gasteiger partial charge in [-0.25, -0.2) is 9.00 Å². The van der Waals surface area contributed by atoms with Gasteiger partial charge in [-0.15, -0.1) is 4.36 Å². The topological polar surface area (TPSA) is 58.5 Å². The van der Waals surface area contributed by atoms with Gasteiger partial charge >= 0.3 is 6.03 Å². The van der Waals surface area contributed by atoms with Crippen molar-refractivity contribution in [2.75, 3.05) is 11.6 Å². The Balaban J connectivity index is 2.21. The van der Waals surface area contributed by atoms with E-state index in [-0.39, 0.29) is 0 Å². The first-order valence-electron chi connectivity index (χ1n) is 6.22. The highest BCUT2D eigenvalue weighted by molar-refractivity contribution is 7.93. The summed E-state index contributed by atoms with van der Waals surface area (Å²) in [6.07, 6.45) is 1.44. The molecule has 110 valence electrons. The molecule has 2 aromatic rings. The lowest BCUT2D eigenvalue weighted by atomic mass is 10.2. The van der Waals surface area contributed by atoms with Gasteiger partial charge in [-0.05, 0) is 43.3 Å². The molecule has 2 rings (SSSR count). The number of hydrogen-bond donors (Lipinski definition) is 1. The molecule has 4 nitrogen and oxygen atoms in total. The van der Waals surface area contributed by atoms with Crippen molar-refractivity contribution in [3.05, 3.63) is 59.1 Å². The molecule has 1 atom stereocenters. The minimum Gasteiger partial charge on any atom is -0.306 e. The van der Waals surface area contributed by atoms with Crippen LogP contribution in [0.25, 0.3) is 0 Å². The standard InChI is InChI=1S/C15H15ClN2O2S/c1-11-3-9-14(10-4-11)21(2,20)18-15(19)17-13-7-5-12(16)6-8-13/h3-10H,1-2H3,(H,17,19). The average Bonchev–Trinajstić information content (AvgIpc) is 2.41. The first-order valence-corrected chi connectivity index (χ1v) is 8.52. The summed E-state index contributed by atoms with van der Waals surface area (Å²) in [6, 6.07) is 13.1. The largest absolute Gasteiger partial charge is 0.353 e. The highest BCUT2D eigenvalue weighted by Crippen LogP contribution is 2.15. The van der Waals surface area contributed by atoms with E-state index in [4.69, 9.17) is 11.6 Å². The van der Waals surface area contributed by atoms with Gasteiger partial charge in [0.05, 0.1) is 9.73 Å². The van der Waals surface area contributed by atoms with Crippen LogP contribution in [0.4, 0.5) is 10.5 Å². The third-order valence-electron chi connectivity index (χ3n) is 2.81. The van der Waals surface area contributed by atoms with Gasteiger partial charge in [-0.1, -0.05) is 29.3 Å². The summed E-state index contributed by atoms with van der Waals surface area (Å²) in [7, 11) is -2.77. The summed E-state index contributed by atoms with van der Waals surface area (Å²) >= 11 is 5.77. The van der Waals surface area contributed by atoms with Gasteiger partial charge in [0.25, 0.3) is 0 Å². The fourth-order valence-corrected chi connectivity index (χ4v) is 2.92. The molecule has 2 aromatic carbocycles. The van der Waals surface area contributed by atoms with Gasteiger partial charge in [-0.2, -0.15) is 0 Å². The summed E-state index contributed by atoms with van der Waals surface area (Å²) in [6.45, 7) is 1.94. The number of rotatable bonds is 2. The van der Waals surface area contributed by atoms with Crippen LogP contribution in [0.5, 0.6) is 0 Å². The number of hydrogen-bond acceptors (Lipinski definition) is 2. The molecular weight excluding hydrogens is 308 g/mol. The second-order valence-electron chi connectivity index (χ2n) is 4.64. The second kappa shape index (κ2) is 6.28. The van der Waals surface area contributed by atoms with Crippen LogP contribution >= 0.6 is 11.6 Å². The van der Waals surface area contributed by atoms with E-state index >= 15 is 0 Å². The maximum Gasteiger partial charge on any atom is 0.353 e. The van der Waals surface area contributed by atoms with Crippen molar-refractivity contribution < 1.29 is 9.00 Å². The van der Waals surface area contributed by atoms with E-state index < -0.39 is 15.8 Å². The number of amides is 2. The predicted molar refractivity (Wildman–Crippen MR) is 86.4 cm³/mol. The summed E-state index contributed by atoms with van der Waals surface area (Å²) in [4.78, 5) is 12.4. The lowest BCUT2D eigenvalue weighted by molar-refractivity contribution is 0.260. The zero-order valence-corrected chi connectivity index (χ0v) is 13.2. The number of anilines is 1. The van der Waals surface area contributed by atoms with Crippen molar-refractivity contribution in [1.29, 1.82) is 0 Å². The normalized spacial score (nSPS) is 13.3. The number of nitrogens with one attached hydrogen (secondary N) is 1. The molecule has 2 amide bonds. The Morgan fingerprint density at radius 2 is 1.67 bits per heavy atom. The Labute approximate surface area is 129 Å². The number of urea groups is 1. The highest BCUT2D eigenvalue weighted by Gasteiger charge is 2.09. The van der Waals surface area contributed by atoms with Crippen LogP contribution in [0.3, 0.4) is 0 Å². The molecule has 21 heavy (non-hydrogen) atoms. The summed E-state index contributed by atoms with van der Waals surface area (Å²) < 4.78 is 16.3. The molecule has 0 bridgehead atoms. The lowest BCUT2D eigenvalue weighted by Crippen LogP contribution is -2.10. The fraction of sp³-hybridized carbons (Fsp3) is 0.133. The smallest absolute Gasteiger partial charge is 0.306 e. The van der Waals surface area contributed by atoms with Crippen molar-refractivity contribution in [2.24, 2.45) is 4.36 Å². The maximum atomic E-state index is 12.5. The first kappa shape index (κ1) is 15.5. The van der Waals surface area contributed by atoms with E-state index in [1.54, 1.807) is 36.4 Å². The summed E-state index contributed by atoms with van der Waals surface area (Å²) in [5, 5.41) is 3.14. The molecule has 6 heteroatoms. The SMILES string of the molecule is Cc1ccc(S(C)(=O)=NC(=O)Nc2ccc(Cl)cc2)cc1. The van der Waals surface area contributed by atoms with Crippen molar-refractivity contribution in [3.8, 4) is 0 Å². The Kier molecular flexibility index (Phi) is 4.65. The van der Waals surface area contributed by atoms with Gasteiger partial charge in [0.2, 0.25) is 0 Å². The average molecular weight is 323 g/mol. The maximum absolute atomic E-state index is 12.5. The van der Waals surface area contributed by atoms with Crippen LogP contribution in [-0.4, -0.2) is 16.5 Å². The van der Waals surface area contributed by atoms with Crippen molar-refractivity contribution >= 4 is 33.0 Å². The number of carbonyl (C=O) groups excluding carboxylic acids is 1. The third kappa shape index (κ3) is 4.31. The van der Waals surface area contributed by atoms with E-state index in [2.05, 4.69) is 9.68 Å². The fourth-order valence-electron chi connectivity index (χ4n) is 1.68. The molecule has 1 unspecified atom stereocenters. The molecule has 0 aliphatic carbocycles. The molecule has 0 fully saturated rings. The molecule has 0 heterocycles. The van der Waals surface area contributed by atoms with Gasteiger partial charge in [0.1, 0.15) is 0 Å². The van der Waals surface area contributed by atoms with Crippen molar-refractivity contribution in [1.82, 2.24) is 0 Å². The molecule has 0 aromatic heterocycles. The molecular formula is C15H15ClN2O2S. The zero-order valence-electron chi connectivity index (χ0n) is 11.7. The highest BCUT2D eigenvalue weighted by atomic mass is 35.5. The monoisotopic (exact) mass is 322 g/mol. The van der Waals surface area contributed by atoms with Gasteiger partial charge in [-0.3, -0.25) is 0 Å². The summed E-state index contributed by atoms with van der Waals surface area (Å²) in [5.41, 5.74) is 1.60. The van der Waals surface area contributed by atoms with Crippen LogP contribution in [0.2, 0.25) is 5.02 Å². The molecule has 0 saturated heterocycles. The number of carbonyl (C=O) groups is 1. The molecule has 0 aliphatic heterocycles. The number of halogens is 1. The van der Waals surface area contributed by atoms with Gasteiger partial charge in [0, 0.05) is 21.9 Å². The molecule has 0 saturated carbocycles. The van der Waals surface area contributed by atoms with Gasteiger partial charge in [0.15, 0.2) is 0 Å². The minimum atomic E-state index is -2.77. The number of benzene rings is 2. The molecule has 0 aliphatic rings. The van der Waals surface area contributed by atoms with Crippen LogP contribution in [0, 0.1) is 6.92 Å². The Morgan fingerprint density at radius 1 is 1.10 bits per heavy atom. The van der Waals surface area contributed by atoms with E-state index in [1.165, 1.54) is 6.26 Å². The third-order valence-corrected chi connectivity index (χ3v) is 4.72. The van der Waals surface area contributed by atoms with E-state index in [9.17, 15) is 9.00 Å². The van der Waals surface area contributed by atoms with Crippen molar-refractivity contribution in [3.63, 3.8) is 0 Å². The predicted octanol–water partition coefficient (Wildman–Crippen LogP) is 4.34. The summed E-state index contributed by atoms with van der Waals surface area (Å²) in [5.74, 6) is 0. The second-order valence-corrected chi connectivity index (χ2v) is 7.34. The van der Waals surface area contributed by atoms with E-state index in [0.717, 1.165) is 5.56 Å². The minimum absolute atomic E-state index is 0.527. The van der Waals surface area contributed by atoms with Gasteiger partial charge < -0.3 is 5.32 Å². The number of nitrogens with zero attached hydrogens (tertiary/aromatic N) is 1. The van der Waals surface area contributed by atoms with Crippen molar-refractivity contribution in [2.45, 2.75) is 11.8 Å². The number of aryl methyl sites for hydroxylation is 1. The molecule has 0 spiro atoms. The van der Waals surface area contributed by atoms with Crippen LogP contribution in [0.15, 0.2) is 57.8 Å². The van der Waals surface area contributed by atoms with E-state index in [1.807, 2.05) is 19.1 Å². The van der Waals surface area contributed by atoms with E-state index in [0.29, 0.717) is 15.6 Å². The van der Waals surface area contributed by atoms with Crippen LogP contribution in [0.1, 0.15) is 5.56 Å².